The molecule has 2 aromatic rings. The number of esters is 1. The molecule has 0 aliphatic rings. The van der Waals surface area contributed by atoms with E-state index in [0.29, 0.717) is 11.1 Å². The third-order valence-corrected chi connectivity index (χ3v) is 4.30. The average molecular weight is 466 g/mol. The fourth-order valence-corrected chi connectivity index (χ4v) is 2.91. The zero-order valence-electron chi connectivity index (χ0n) is 16.8. The van der Waals surface area contributed by atoms with E-state index in [4.69, 9.17) is 25.8 Å². The minimum atomic E-state index is -4.80. The number of benzene rings is 1. The minimum absolute atomic E-state index is 0.0180. The molecule has 0 radical (unpaired) electrons. The standard InChI is InChI=1S/C18H19ClF3N3O6/c1-4-6-9-30-17(26)12-10(25(27)28)7-8-11(14(12)29-5-2)31-16-13(19)15(18(20,21)22)24(3)23-16/h7-8H,4-6,9H2,1-3H3. The number of alkyl halides is 3. The van der Waals surface area contributed by atoms with Gasteiger partial charge in [-0.25, -0.2) is 4.79 Å². The lowest BCUT2D eigenvalue weighted by Gasteiger charge is -2.14. The van der Waals surface area contributed by atoms with Crippen LogP contribution in [0.4, 0.5) is 18.9 Å². The van der Waals surface area contributed by atoms with E-state index < -0.39 is 44.9 Å². The van der Waals surface area contributed by atoms with Crippen LogP contribution >= 0.6 is 11.6 Å². The molecule has 0 unspecified atom stereocenters. The molecule has 0 aliphatic heterocycles. The summed E-state index contributed by atoms with van der Waals surface area (Å²) in [5.74, 6) is -2.30. The van der Waals surface area contributed by atoms with Crippen LogP contribution in [0, 0.1) is 10.1 Å². The van der Waals surface area contributed by atoms with Crippen molar-refractivity contribution in [3.8, 4) is 17.4 Å². The average Bonchev–Trinajstić information content (AvgIpc) is 2.96. The summed E-state index contributed by atoms with van der Waals surface area (Å²) in [4.78, 5) is 23.2. The highest BCUT2D eigenvalue weighted by atomic mass is 35.5. The van der Waals surface area contributed by atoms with E-state index in [1.807, 2.05) is 6.92 Å². The van der Waals surface area contributed by atoms with Gasteiger partial charge in [0.05, 0.1) is 18.1 Å². The van der Waals surface area contributed by atoms with Crippen LogP contribution < -0.4 is 9.47 Å². The number of aromatic nitrogens is 2. The minimum Gasteiger partial charge on any atom is -0.489 e. The Bertz CT molecular complexity index is 977. The SMILES string of the molecule is CCCCOC(=O)c1c([N+](=O)[O-])ccc(Oc2nn(C)c(C(F)(F)F)c2Cl)c1OCC. The predicted octanol–water partition coefficient (Wildman–Crippen LogP) is 5.15. The van der Waals surface area contributed by atoms with E-state index in [-0.39, 0.29) is 24.7 Å². The summed E-state index contributed by atoms with van der Waals surface area (Å²) in [6.07, 6.45) is -3.55. The Balaban J connectivity index is 2.57. The maximum absolute atomic E-state index is 13.2. The van der Waals surface area contributed by atoms with Crippen molar-refractivity contribution in [3.05, 3.63) is 38.5 Å². The number of hydrogen-bond donors (Lipinski definition) is 0. The molecule has 13 heteroatoms. The number of rotatable bonds is 9. The third kappa shape index (κ3) is 5.37. The van der Waals surface area contributed by atoms with Gasteiger partial charge in [0.1, 0.15) is 5.02 Å². The van der Waals surface area contributed by atoms with E-state index in [1.54, 1.807) is 6.92 Å². The lowest BCUT2D eigenvalue weighted by atomic mass is 10.1. The molecule has 0 saturated carbocycles. The largest absolute Gasteiger partial charge is 0.489 e. The molecule has 31 heavy (non-hydrogen) atoms. The van der Waals surface area contributed by atoms with Crippen LogP contribution in [0.5, 0.6) is 17.4 Å². The fourth-order valence-electron chi connectivity index (χ4n) is 2.60. The van der Waals surface area contributed by atoms with Crippen molar-refractivity contribution in [2.75, 3.05) is 13.2 Å². The zero-order chi connectivity index (χ0) is 23.3. The predicted molar refractivity (Wildman–Crippen MR) is 103 cm³/mol. The first-order valence-electron chi connectivity index (χ1n) is 9.11. The molecule has 0 spiro atoms. The lowest BCUT2D eigenvalue weighted by molar-refractivity contribution is -0.385. The lowest BCUT2D eigenvalue weighted by Crippen LogP contribution is -2.12. The van der Waals surface area contributed by atoms with Crippen LogP contribution in [0.2, 0.25) is 5.02 Å². The first kappa shape index (κ1) is 24.3. The zero-order valence-corrected chi connectivity index (χ0v) is 17.5. The van der Waals surface area contributed by atoms with Crippen LogP contribution in [0.25, 0.3) is 0 Å². The number of nitro groups is 1. The molecule has 170 valence electrons. The Morgan fingerprint density at radius 3 is 2.52 bits per heavy atom. The number of ether oxygens (including phenoxy) is 3. The molecule has 1 aromatic carbocycles. The van der Waals surface area contributed by atoms with Gasteiger partial charge >= 0.3 is 12.1 Å². The van der Waals surface area contributed by atoms with Crippen molar-refractivity contribution in [2.24, 2.45) is 7.05 Å². The molecule has 0 bridgehead atoms. The molecule has 0 N–H and O–H groups in total. The number of aryl methyl sites for hydroxylation is 1. The van der Waals surface area contributed by atoms with Gasteiger partial charge in [0, 0.05) is 13.1 Å². The topological polar surface area (TPSA) is 106 Å². The van der Waals surface area contributed by atoms with E-state index in [1.165, 1.54) is 0 Å². The molecule has 0 fully saturated rings. The third-order valence-electron chi connectivity index (χ3n) is 3.96. The second-order valence-electron chi connectivity index (χ2n) is 6.16. The van der Waals surface area contributed by atoms with Gasteiger partial charge in [-0.15, -0.1) is 5.10 Å². The highest BCUT2D eigenvalue weighted by Gasteiger charge is 2.40. The summed E-state index contributed by atoms with van der Waals surface area (Å²) in [5, 5.41) is 14.2. The molecule has 1 aromatic heterocycles. The van der Waals surface area contributed by atoms with E-state index in [0.717, 1.165) is 25.6 Å². The molecule has 0 amide bonds. The first-order chi connectivity index (χ1) is 14.5. The summed E-state index contributed by atoms with van der Waals surface area (Å²) in [7, 11) is 1.03. The molecular formula is C18H19ClF3N3O6. The summed E-state index contributed by atoms with van der Waals surface area (Å²) >= 11 is 5.79. The second-order valence-corrected chi connectivity index (χ2v) is 6.54. The van der Waals surface area contributed by atoms with E-state index in [9.17, 15) is 28.1 Å². The summed E-state index contributed by atoms with van der Waals surface area (Å²) < 4.78 is 55.8. The van der Waals surface area contributed by atoms with Crippen LogP contribution in [-0.4, -0.2) is 33.9 Å². The maximum Gasteiger partial charge on any atom is 0.434 e. The van der Waals surface area contributed by atoms with Crippen LogP contribution in [-0.2, 0) is 18.0 Å². The number of hydrogen-bond acceptors (Lipinski definition) is 7. The monoisotopic (exact) mass is 465 g/mol. The molecule has 0 saturated heterocycles. The Morgan fingerprint density at radius 2 is 2.00 bits per heavy atom. The van der Waals surface area contributed by atoms with Crippen molar-refractivity contribution >= 4 is 23.3 Å². The molecule has 0 aliphatic carbocycles. The molecule has 1 heterocycles. The van der Waals surface area contributed by atoms with Gasteiger partial charge in [-0.05, 0) is 19.4 Å². The number of carbonyl (C=O) groups is 1. The Labute approximate surface area is 179 Å². The van der Waals surface area contributed by atoms with E-state index >= 15 is 0 Å². The number of carbonyl (C=O) groups excluding carboxylic acids is 1. The fraction of sp³-hybridized carbons (Fsp3) is 0.444. The molecular weight excluding hydrogens is 447 g/mol. The molecule has 0 atom stereocenters. The second kappa shape index (κ2) is 9.86. The first-order valence-corrected chi connectivity index (χ1v) is 9.49. The van der Waals surface area contributed by atoms with Crippen molar-refractivity contribution < 1.29 is 37.1 Å². The summed E-state index contributed by atoms with van der Waals surface area (Å²) in [6.45, 7) is 3.40. The highest BCUT2D eigenvalue weighted by Crippen LogP contribution is 2.44. The molecule has 9 nitrogen and oxygen atoms in total. The number of halogens is 4. The smallest absolute Gasteiger partial charge is 0.434 e. The normalized spacial score (nSPS) is 11.3. The Kier molecular flexibility index (Phi) is 7.71. The summed E-state index contributed by atoms with van der Waals surface area (Å²) in [6, 6.07) is 2.03. The summed E-state index contributed by atoms with van der Waals surface area (Å²) in [5.41, 5.74) is -2.38. The van der Waals surface area contributed by atoms with Crippen LogP contribution in [0.1, 0.15) is 42.7 Å². The molecule has 2 rings (SSSR count). The maximum atomic E-state index is 13.2. The number of nitrogens with zero attached hydrogens (tertiary/aromatic N) is 3. The van der Waals surface area contributed by atoms with Crippen molar-refractivity contribution in [2.45, 2.75) is 32.9 Å². The Morgan fingerprint density at radius 1 is 1.32 bits per heavy atom. The van der Waals surface area contributed by atoms with Gasteiger partial charge in [-0.3, -0.25) is 14.8 Å². The van der Waals surface area contributed by atoms with Gasteiger partial charge in [0.2, 0.25) is 0 Å². The van der Waals surface area contributed by atoms with Crippen molar-refractivity contribution in [1.29, 1.82) is 0 Å². The van der Waals surface area contributed by atoms with Crippen LogP contribution in [0.3, 0.4) is 0 Å². The van der Waals surface area contributed by atoms with Gasteiger partial charge in [0.15, 0.2) is 22.8 Å². The van der Waals surface area contributed by atoms with Crippen molar-refractivity contribution in [1.82, 2.24) is 9.78 Å². The van der Waals surface area contributed by atoms with Gasteiger partial charge < -0.3 is 14.2 Å². The quantitative estimate of drug-likeness (QED) is 0.218. The Hall–Kier alpha value is -3.02. The van der Waals surface area contributed by atoms with E-state index in [2.05, 4.69) is 5.10 Å². The van der Waals surface area contributed by atoms with Gasteiger partial charge in [0.25, 0.3) is 11.6 Å². The number of nitro benzene ring substituents is 1. The number of unbranched alkanes of at least 4 members (excludes halogenated alkanes) is 1. The van der Waals surface area contributed by atoms with Gasteiger partial charge in [-0.2, -0.15) is 13.2 Å². The van der Waals surface area contributed by atoms with Crippen molar-refractivity contribution in [3.63, 3.8) is 0 Å². The van der Waals surface area contributed by atoms with Crippen LogP contribution in [0.15, 0.2) is 12.1 Å². The van der Waals surface area contributed by atoms with Gasteiger partial charge in [-0.1, -0.05) is 24.9 Å². The highest BCUT2D eigenvalue weighted by molar-refractivity contribution is 6.32.